The number of benzene rings is 2. The number of hydrogen-bond donors (Lipinski definition) is 1. The van der Waals surface area contributed by atoms with Crippen LogP contribution < -0.4 is 0 Å². The van der Waals surface area contributed by atoms with Crippen LogP contribution in [-0.4, -0.2) is 17.0 Å². The zero-order chi connectivity index (χ0) is 15.8. The summed E-state index contributed by atoms with van der Waals surface area (Å²) in [4.78, 5) is 22.3. The van der Waals surface area contributed by atoms with Gasteiger partial charge in [-0.05, 0) is 23.1 Å². The van der Waals surface area contributed by atoms with Gasteiger partial charge < -0.3 is 9.84 Å². The fourth-order valence-corrected chi connectivity index (χ4v) is 2.03. The third kappa shape index (κ3) is 5.40. The molecule has 0 aliphatic heterocycles. The third-order valence-corrected chi connectivity index (χ3v) is 3.24. The van der Waals surface area contributed by atoms with Gasteiger partial charge in [0.05, 0.1) is 6.42 Å². The molecule has 0 amide bonds. The molecule has 2 rings (SSSR count). The summed E-state index contributed by atoms with van der Waals surface area (Å²) in [6.45, 7) is 0.274. The average molecular weight is 298 g/mol. The number of ether oxygens (including phenoxy) is 1. The number of esters is 1. The lowest BCUT2D eigenvalue weighted by Gasteiger charge is -2.06. The number of carbonyl (C=O) groups excluding carboxylic acids is 1. The highest BCUT2D eigenvalue weighted by Crippen LogP contribution is 2.09. The van der Waals surface area contributed by atoms with Crippen molar-refractivity contribution in [3.8, 4) is 0 Å². The predicted molar refractivity (Wildman–Crippen MR) is 82.3 cm³/mol. The zero-order valence-electron chi connectivity index (χ0n) is 12.2. The van der Waals surface area contributed by atoms with Crippen molar-refractivity contribution in [2.45, 2.75) is 25.9 Å². The van der Waals surface area contributed by atoms with Crippen molar-refractivity contribution in [1.82, 2.24) is 0 Å². The first-order chi connectivity index (χ1) is 10.6. The van der Waals surface area contributed by atoms with Crippen LogP contribution >= 0.6 is 0 Å². The van der Waals surface area contributed by atoms with Crippen LogP contribution in [0.4, 0.5) is 0 Å². The smallest absolute Gasteiger partial charge is 0.310 e. The van der Waals surface area contributed by atoms with Crippen LogP contribution in [0.2, 0.25) is 0 Å². The summed E-state index contributed by atoms with van der Waals surface area (Å²) in [6, 6.07) is 16.9. The molecule has 0 aliphatic carbocycles. The number of aryl methyl sites for hydroxylation is 1. The Morgan fingerprint density at radius 1 is 0.864 bits per heavy atom. The van der Waals surface area contributed by atoms with E-state index in [-0.39, 0.29) is 25.4 Å². The zero-order valence-corrected chi connectivity index (χ0v) is 12.2. The molecule has 0 bridgehead atoms. The van der Waals surface area contributed by atoms with Crippen molar-refractivity contribution in [2.75, 3.05) is 0 Å². The van der Waals surface area contributed by atoms with Gasteiger partial charge in [-0.3, -0.25) is 9.59 Å². The Kier molecular flexibility index (Phi) is 5.72. The molecule has 1 N–H and O–H groups in total. The van der Waals surface area contributed by atoms with E-state index >= 15 is 0 Å². The van der Waals surface area contributed by atoms with E-state index in [1.807, 2.05) is 54.6 Å². The van der Waals surface area contributed by atoms with Gasteiger partial charge in [0.2, 0.25) is 0 Å². The molecular weight excluding hydrogens is 280 g/mol. The minimum Gasteiger partial charge on any atom is -0.481 e. The topological polar surface area (TPSA) is 63.6 Å². The van der Waals surface area contributed by atoms with Gasteiger partial charge in [0.25, 0.3) is 0 Å². The quantitative estimate of drug-likeness (QED) is 0.798. The molecule has 4 heteroatoms. The standard InChI is InChI=1S/C18H18O4/c19-17(20)11-10-14-6-8-15(9-7-14)12-18(21)22-13-16-4-2-1-3-5-16/h1-9H,10-13H2,(H,19,20). The normalized spacial score (nSPS) is 10.2. The SMILES string of the molecule is O=C(O)CCc1ccc(CC(=O)OCc2ccccc2)cc1. The van der Waals surface area contributed by atoms with Crippen molar-refractivity contribution in [2.24, 2.45) is 0 Å². The number of rotatable bonds is 7. The molecule has 0 spiro atoms. The minimum absolute atomic E-state index is 0.110. The van der Waals surface area contributed by atoms with E-state index < -0.39 is 5.97 Å². The van der Waals surface area contributed by atoms with Gasteiger partial charge in [0.15, 0.2) is 0 Å². The van der Waals surface area contributed by atoms with E-state index in [1.54, 1.807) is 0 Å². The maximum absolute atomic E-state index is 11.8. The molecule has 2 aromatic rings. The number of aliphatic carboxylic acids is 1. The van der Waals surface area contributed by atoms with E-state index in [2.05, 4.69) is 0 Å². The molecule has 4 nitrogen and oxygen atoms in total. The van der Waals surface area contributed by atoms with Crippen LogP contribution in [0.5, 0.6) is 0 Å². The maximum Gasteiger partial charge on any atom is 0.310 e. The van der Waals surface area contributed by atoms with Gasteiger partial charge in [-0.25, -0.2) is 0 Å². The fraction of sp³-hybridized carbons (Fsp3) is 0.222. The van der Waals surface area contributed by atoms with Crippen molar-refractivity contribution in [3.63, 3.8) is 0 Å². The largest absolute Gasteiger partial charge is 0.481 e. The average Bonchev–Trinajstić information content (AvgIpc) is 2.53. The molecule has 0 radical (unpaired) electrons. The lowest BCUT2D eigenvalue weighted by molar-refractivity contribution is -0.144. The molecule has 0 unspecified atom stereocenters. The molecule has 0 aliphatic rings. The van der Waals surface area contributed by atoms with E-state index in [0.717, 1.165) is 16.7 Å². The highest BCUT2D eigenvalue weighted by Gasteiger charge is 2.06. The highest BCUT2D eigenvalue weighted by atomic mass is 16.5. The van der Waals surface area contributed by atoms with Crippen molar-refractivity contribution >= 4 is 11.9 Å². The summed E-state index contributed by atoms with van der Waals surface area (Å²) in [6.07, 6.45) is 0.818. The number of carboxylic acids is 1. The molecule has 114 valence electrons. The Bertz CT molecular complexity index is 617. The molecule has 0 heterocycles. The second-order valence-electron chi connectivity index (χ2n) is 5.03. The second kappa shape index (κ2) is 7.98. The summed E-state index contributed by atoms with van der Waals surface area (Å²) >= 11 is 0. The molecule has 0 fully saturated rings. The van der Waals surface area contributed by atoms with Crippen LogP contribution in [0.1, 0.15) is 23.1 Å². The number of hydrogen-bond acceptors (Lipinski definition) is 3. The summed E-state index contributed by atoms with van der Waals surface area (Å²) in [5.41, 5.74) is 2.76. The Hall–Kier alpha value is -2.62. The molecule has 0 atom stereocenters. The van der Waals surface area contributed by atoms with Crippen LogP contribution in [-0.2, 0) is 33.8 Å². The molecule has 22 heavy (non-hydrogen) atoms. The molecule has 0 saturated carbocycles. The Morgan fingerprint density at radius 2 is 1.50 bits per heavy atom. The fourth-order valence-electron chi connectivity index (χ4n) is 2.03. The summed E-state index contributed by atoms with van der Waals surface area (Å²) in [5.74, 6) is -1.09. The number of carboxylic acid groups (broad SMARTS) is 1. The molecule has 0 aromatic heterocycles. The van der Waals surface area contributed by atoms with Crippen LogP contribution in [0.3, 0.4) is 0 Å². The summed E-state index contributed by atoms with van der Waals surface area (Å²) in [7, 11) is 0. The van der Waals surface area contributed by atoms with Crippen molar-refractivity contribution in [1.29, 1.82) is 0 Å². The van der Waals surface area contributed by atoms with E-state index in [4.69, 9.17) is 9.84 Å². The van der Waals surface area contributed by atoms with Gasteiger partial charge in [0, 0.05) is 6.42 Å². The molecule has 2 aromatic carbocycles. The molecular formula is C18H18O4. The second-order valence-corrected chi connectivity index (χ2v) is 5.03. The minimum atomic E-state index is -0.812. The van der Waals surface area contributed by atoms with Gasteiger partial charge in [-0.1, -0.05) is 54.6 Å². The monoisotopic (exact) mass is 298 g/mol. The van der Waals surface area contributed by atoms with Crippen molar-refractivity contribution < 1.29 is 19.4 Å². The lowest BCUT2D eigenvalue weighted by atomic mass is 10.1. The van der Waals surface area contributed by atoms with Crippen LogP contribution in [0.15, 0.2) is 54.6 Å². The Morgan fingerprint density at radius 3 is 2.14 bits per heavy atom. The Balaban J connectivity index is 1.80. The lowest BCUT2D eigenvalue weighted by Crippen LogP contribution is -2.08. The summed E-state index contributed by atoms with van der Waals surface area (Å²) in [5, 5.41) is 8.64. The van der Waals surface area contributed by atoms with E-state index in [9.17, 15) is 9.59 Å². The summed E-state index contributed by atoms with van der Waals surface area (Å²) < 4.78 is 5.22. The van der Waals surface area contributed by atoms with Crippen LogP contribution in [0.25, 0.3) is 0 Å². The van der Waals surface area contributed by atoms with E-state index in [0.29, 0.717) is 6.42 Å². The predicted octanol–water partition coefficient (Wildman–Crippen LogP) is 2.99. The Labute approximate surface area is 129 Å². The van der Waals surface area contributed by atoms with Gasteiger partial charge in [0.1, 0.15) is 6.61 Å². The third-order valence-electron chi connectivity index (χ3n) is 3.24. The number of carbonyl (C=O) groups is 2. The van der Waals surface area contributed by atoms with Gasteiger partial charge in [-0.2, -0.15) is 0 Å². The van der Waals surface area contributed by atoms with Crippen LogP contribution in [0, 0.1) is 0 Å². The van der Waals surface area contributed by atoms with E-state index in [1.165, 1.54) is 0 Å². The van der Waals surface area contributed by atoms with Crippen molar-refractivity contribution in [3.05, 3.63) is 71.3 Å². The first-order valence-electron chi connectivity index (χ1n) is 7.12. The first kappa shape index (κ1) is 15.8. The highest BCUT2D eigenvalue weighted by molar-refractivity contribution is 5.72. The van der Waals surface area contributed by atoms with Gasteiger partial charge >= 0.3 is 11.9 Å². The van der Waals surface area contributed by atoms with Gasteiger partial charge in [-0.15, -0.1) is 0 Å². The first-order valence-corrected chi connectivity index (χ1v) is 7.12. The maximum atomic E-state index is 11.8. The molecule has 0 saturated heterocycles.